The van der Waals surface area contributed by atoms with Crippen molar-refractivity contribution >= 4 is 5.91 Å². The van der Waals surface area contributed by atoms with Crippen molar-refractivity contribution in [2.45, 2.75) is 13.1 Å². The van der Waals surface area contributed by atoms with Crippen LogP contribution in [0.2, 0.25) is 0 Å². The van der Waals surface area contributed by atoms with Crippen LogP contribution < -0.4 is 30.8 Å². The number of amides is 1. The van der Waals surface area contributed by atoms with Gasteiger partial charge in [0.25, 0.3) is 11.5 Å². The fourth-order valence-electron chi connectivity index (χ4n) is 3.06. The Morgan fingerprint density at radius 1 is 1.10 bits per heavy atom. The number of hydrogen-bond acceptors (Lipinski definition) is 6. The number of nitrogens with zero attached hydrogens (tertiary/aromatic N) is 1. The maximum Gasteiger partial charge on any atom is 0.328 e. The molecule has 0 fully saturated rings. The highest BCUT2D eigenvalue weighted by molar-refractivity contribution is 5.93. The number of carbonyl (C=O) groups is 1. The zero-order valence-electron chi connectivity index (χ0n) is 16.1. The van der Waals surface area contributed by atoms with E-state index in [-0.39, 0.29) is 25.4 Å². The van der Waals surface area contributed by atoms with Crippen molar-refractivity contribution < 1.29 is 19.0 Å². The molecule has 154 valence electrons. The van der Waals surface area contributed by atoms with Crippen LogP contribution in [0, 0.1) is 0 Å². The summed E-state index contributed by atoms with van der Waals surface area (Å²) in [6.07, 6.45) is 1.13. The molecule has 0 saturated heterocycles. The number of aromatic nitrogens is 2. The van der Waals surface area contributed by atoms with Crippen LogP contribution in [0.5, 0.6) is 17.2 Å². The number of fused-ring (bicyclic) bond motifs is 1. The van der Waals surface area contributed by atoms with Crippen LogP contribution in [0.3, 0.4) is 0 Å². The van der Waals surface area contributed by atoms with Gasteiger partial charge >= 0.3 is 5.69 Å². The van der Waals surface area contributed by atoms with E-state index >= 15 is 0 Å². The van der Waals surface area contributed by atoms with Crippen molar-refractivity contribution in [3.05, 3.63) is 86.2 Å². The minimum atomic E-state index is -0.677. The normalized spacial score (nSPS) is 11.9. The second-order valence-electron chi connectivity index (χ2n) is 6.62. The lowest BCUT2D eigenvalue weighted by Crippen LogP contribution is -2.40. The topological polar surface area (TPSA) is 112 Å². The summed E-state index contributed by atoms with van der Waals surface area (Å²) in [5, 5.41) is 2.69. The minimum absolute atomic E-state index is 0.00952. The average molecular weight is 409 g/mol. The highest BCUT2D eigenvalue weighted by Crippen LogP contribution is 2.32. The van der Waals surface area contributed by atoms with Crippen molar-refractivity contribution in [3.63, 3.8) is 0 Å². The van der Waals surface area contributed by atoms with Crippen LogP contribution in [-0.4, -0.2) is 29.4 Å². The smallest absolute Gasteiger partial charge is 0.328 e. The molecule has 2 aromatic carbocycles. The number of rotatable bonds is 6. The second-order valence-corrected chi connectivity index (χ2v) is 6.62. The molecule has 0 atom stereocenters. The zero-order valence-corrected chi connectivity index (χ0v) is 16.1. The van der Waals surface area contributed by atoms with Gasteiger partial charge in [-0.05, 0) is 35.4 Å². The summed E-state index contributed by atoms with van der Waals surface area (Å²) >= 11 is 0. The number of methoxy groups -OCH3 is 1. The molecular weight excluding hydrogens is 390 g/mol. The van der Waals surface area contributed by atoms with Gasteiger partial charge in [0.1, 0.15) is 11.3 Å². The first-order valence-corrected chi connectivity index (χ1v) is 9.17. The standard InChI is InChI=1S/C21H19N3O6/c1-28-15-5-2-13(3-6-15)9-22-19(25)16-10-23-21(27)24(20(16)26)11-14-4-7-17-18(8-14)30-12-29-17/h2-8,10H,9,11-12H2,1H3,(H,22,25)(H,23,27). The minimum Gasteiger partial charge on any atom is -0.497 e. The Balaban J connectivity index is 1.52. The molecule has 0 radical (unpaired) electrons. The van der Waals surface area contributed by atoms with Gasteiger partial charge in [-0.15, -0.1) is 0 Å². The van der Waals surface area contributed by atoms with Gasteiger partial charge in [0.05, 0.1) is 13.7 Å². The average Bonchev–Trinajstić information content (AvgIpc) is 3.23. The van der Waals surface area contributed by atoms with E-state index in [1.807, 2.05) is 12.1 Å². The van der Waals surface area contributed by atoms with E-state index in [1.165, 1.54) is 0 Å². The van der Waals surface area contributed by atoms with Crippen molar-refractivity contribution in [1.29, 1.82) is 0 Å². The summed E-state index contributed by atoms with van der Waals surface area (Å²) in [5.74, 6) is 1.28. The fourth-order valence-corrected chi connectivity index (χ4v) is 3.06. The highest BCUT2D eigenvalue weighted by atomic mass is 16.7. The van der Waals surface area contributed by atoms with Gasteiger partial charge in [0.15, 0.2) is 11.5 Å². The molecule has 0 spiro atoms. The Kier molecular flexibility index (Phi) is 5.25. The first kappa shape index (κ1) is 19.3. The SMILES string of the molecule is COc1ccc(CNC(=O)c2c[nH]c(=O)n(Cc3ccc4c(c3)OCO4)c2=O)cc1. The van der Waals surface area contributed by atoms with Crippen LogP contribution in [0.25, 0.3) is 0 Å². The number of nitrogens with one attached hydrogen (secondary N) is 2. The van der Waals surface area contributed by atoms with Crippen molar-refractivity contribution in [1.82, 2.24) is 14.9 Å². The van der Waals surface area contributed by atoms with Gasteiger partial charge in [0, 0.05) is 12.7 Å². The van der Waals surface area contributed by atoms with Gasteiger partial charge in [-0.25, -0.2) is 4.79 Å². The first-order valence-electron chi connectivity index (χ1n) is 9.17. The summed E-state index contributed by atoms with van der Waals surface area (Å²) in [5.41, 5.74) is 0.0776. The Hall–Kier alpha value is -4.01. The van der Waals surface area contributed by atoms with E-state index < -0.39 is 17.2 Å². The van der Waals surface area contributed by atoms with Crippen LogP contribution in [-0.2, 0) is 13.1 Å². The molecule has 2 heterocycles. The predicted molar refractivity (Wildman–Crippen MR) is 107 cm³/mol. The summed E-state index contributed by atoms with van der Waals surface area (Å²) < 4.78 is 16.6. The molecule has 0 bridgehead atoms. The molecule has 1 aliphatic heterocycles. The Morgan fingerprint density at radius 3 is 2.60 bits per heavy atom. The molecule has 9 heteroatoms. The van der Waals surface area contributed by atoms with Crippen molar-refractivity contribution in [3.8, 4) is 17.2 Å². The number of H-pyrrole nitrogens is 1. The molecule has 2 N–H and O–H groups in total. The molecule has 1 aromatic heterocycles. The lowest BCUT2D eigenvalue weighted by atomic mass is 10.2. The summed E-state index contributed by atoms with van der Waals surface area (Å²) in [6, 6.07) is 12.3. The Bertz CT molecular complexity index is 1200. The summed E-state index contributed by atoms with van der Waals surface area (Å²) in [7, 11) is 1.57. The molecule has 9 nitrogen and oxygen atoms in total. The zero-order chi connectivity index (χ0) is 21.1. The lowest BCUT2D eigenvalue weighted by Gasteiger charge is -2.09. The van der Waals surface area contributed by atoms with E-state index in [0.717, 1.165) is 16.3 Å². The molecular formula is C21H19N3O6. The third-order valence-electron chi connectivity index (χ3n) is 4.70. The van der Waals surface area contributed by atoms with Gasteiger partial charge in [-0.3, -0.25) is 14.2 Å². The monoisotopic (exact) mass is 409 g/mol. The van der Waals surface area contributed by atoms with Crippen molar-refractivity contribution in [2.75, 3.05) is 13.9 Å². The molecule has 0 aliphatic carbocycles. The fraction of sp³-hybridized carbons (Fsp3) is 0.190. The maximum absolute atomic E-state index is 12.8. The molecule has 4 rings (SSSR count). The molecule has 1 aliphatic rings. The third-order valence-corrected chi connectivity index (χ3v) is 4.70. The first-order chi connectivity index (χ1) is 14.5. The van der Waals surface area contributed by atoms with Gasteiger partial charge in [-0.1, -0.05) is 18.2 Å². The molecule has 3 aromatic rings. The highest BCUT2D eigenvalue weighted by Gasteiger charge is 2.17. The Labute approximate surface area is 170 Å². The Morgan fingerprint density at radius 2 is 1.83 bits per heavy atom. The molecule has 0 saturated carbocycles. The van der Waals surface area contributed by atoms with E-state index in [0.29, 0.717) is 22.8 Å². The van der Waals surface area contributed by atoms with E-state index in [1.54, 1.807) is 37.4 Å². The third kappa shape index (κ3) is 3.90. The predicted octanol–water partition coefficient (Wildman–Crippen LogP) is 1.25. The maximum atomic E-state index is 12.8. The van der Waals surface area contributed by atoms with Gasteiger partial charge in [-0.2, -0.15) is 0 Å². The van der Waals surface area contributed by atoms with Crippen LogP contribution in [0.15, 0.2) is 58.3 Å². The molecule has 30 heavy (non-hydrogen) atoms. The van der Waals surface area contributed by atoms with E-state index in [9.17, 15) is 14.4 Å². The lowest BCUT2D eigenvalue weighted by molar-refractivity contribution is 0.0948. The number of ether oxygens (including phenoxy) is 3. The van der Waals surface area contributed by atoms with E-state index in [4.69, 9.17) is 14.2 Å². The van der Waals surface area contributed by atoms with Crippen LogP contribution in [0.4, 0.5) is 0 Å². The van der Waals surface area contributed by atoms with Crippen molar-refractivity contribution in [2.24, 2.45) is 0 Å². The van der Waals surface area contributed by atoms with Gasteiger partial charge in [0.2, 0.25) is 6.79 Å². The van der Waals surface area contributed by atoms with Crippen LogP contribution >= 0.6 is 0 Å². The summed E-state index contributed by atoms with van der Waals surface area (Å²) in [6.45, 7) is 0.344. The summed E-state index contributed by atoms with van der Waals surface area (Å²) in [4.78, 5) is 39.9. The molecule has 0 unspecified atom stereocenters. The van der Waals surface area contributed by atoms with Crippen LogP contribution in [0.1, 0.15) is 21.5 Å². The largest absolute Gasteiger partial charge is 0.497 e. The number of aromatic amines is 1. The second kappa shape index (κ2) is 8.16. The number of benzene rings is 2. The number of hydrogen-bond donors (Lipinski definition) is 2. The van der Waals surface area contributed by atoms with E-state index in [2.05, 4.69) is 10.3 Å². The van der Waals surface area contributed by atoms with Gasteiger partial charge < -0.3 is 24.5 Å². The number of carbonyl (C=O) groups excluding carboxylic acids is 1. The quantitative estimate of drug-likeness (QED) is 0.634. The molecule has 1 amide bonds.